The molecule has 0 fully saturated rings. The summed E-state index contributed by atoms with van der Waals surface area (Å²) in [5.41, 5.74) is 2.87. The van der Waals surface area contributed by atoms with E-state index in [1.807, 2.05) is 12.4 Å². The fourth-order valence-electron chi connectivity index (χ4n) is 1.36. The first-order chi connectivity index (χ1) is 8.70. The van der Waals surface area contributed by atoms with E-state index in [0.29, 0.717) is 19.2 Å². The Morgan fingerprint density at radius 2 is 2.44 bits per heavy atom. The Kier molecular flexibility index (Phi) is 3.93. The van der Waals surface area contributed by atoms with Crippen molar-refractivity contribution in [2.75, 3.05) is 18.6 Å². The van der Waals surface area contributed by atoms with Gasteiger partial charge in [0, 0.05) is 12.4 Å². The molecule has 0 amide bonds. The number of anilines is 1. The normalized spacial score (nSPS) is 10.3. The molecule has 18 heavy (non-hydrogen) atoms. The van der Waals surface area contributed by atoms with Gasteiger partial charge in [0.05, 0.1) is 24.4 Å². The highest BCUT2D eigenvalue weighted by atomic mass is 32.1. The molecule has 6 nitrogen and oxygen atoms in total. The largest absolute Gasteiger partial charge is 0.461 e. The van der Waals surface area contributed by atoms with Crippen molar-refractivity contribution in [2.24, 2.45) is 0 Å². The van der Waals surface area contributed by atoms with Gasteiger partial charge in [-0.05, 0) is 6.92 Å². The standard InChI is InChI=1S/C11H13N3O3S/c1-3-16-10(15)9-5-17-11(13-9)14(2)4-8-6-18-7-12-8/h5-7H,3-4H2,1-2H3. The minimum Gasteiger partial charge on any atom is -0.461 e. The zero-order valence-corrected chi connectivity index (χ0v) is 10.9. The summed E-state index contributed by atoms with van der Waals surface area (Å²) in [5.74, 6) is -0.477. The van der Waals surface area contributed by atoms with Gasteiger partial charge in [0.2, 0.25) is 0 Å². The van der Waals surface area contributed by atoms with Crippen molar-refractivity contribution in [3.63, 3.8) is 0 Å². The summed E-state index contributed by atoms with van der Waals surface area (Å²) in [5, 5.41) is 1.95. The molecule has 7 heteroatoms. The SMILES string of the molecule is CCOC(=O)c1coc(N(C)Cc2cscn2)n1. The van der Waals surface area contributed by atoms with Gasteiger partial charge < -0.3 is 14.1 Å². The summed E-state index contributed by atoms with van der Waals surface area (Å²) >= 11 is 1.53. The van der Waals surface area contributed by atoms with E-state index in [1.165, 1.54) is 17.6 Å². The smallest absolute Gasteiger partial charge is 0.360 e. The van der Waals surface area contributed by atoms with Gasteiger partial charge in [-0.3, -0.25) is 0 Å². The fourth-order valence-corrected chi connectivity index (χ4v) is 1.91. The highest BCUT2D eigenvalue weighted by Gasteiger charge is 2.16. The third-order valence-electron chi connectivity index (χ3n) is 2.19. The molecule has 0 aliphatic heterocycles. The molecular weight excluding hydrogens is 254 g/mol. The van der Waals surface area contributed by atoms with Gasteiger partial charge in [-0.15, -0.1) is 11.3 Å². The summed E-state index contributed by atoms with van der Waals surface area (Å²) in [6.45, 7) is 2.63. The number of carbonyl (C=O) groups is 1. The molecule has 2 heterocycles. The third-order valence-corrected chi connectivity index (χ3v) is 2.82. The molecule has 0 unspecified atom stereocenters. The predicted molar refractivity (Wildman–Crippen MR) is 66.7 cm³/mol. The molecule has 0 aliphatic carbocycles. The Morgan fingerprint density at radius 3 is 3.11 bits per heavy atom. The lowest BCUT2D eigenvalue weighted by molar-refractivity contribution is 0.0519. The Bertz CT molecular complexity index is 509. The molecule has 2 rings (SSSR count). The molecule has 0 N–H and O–H groups in total. The van der Waals surface area contributed by atoms with Gasteiger partial charge in [-0.1, -0.05) is 0 Å². The van der Waals surface area contributed by atoms with Crippen LogP contribution in [0.2, 0.25) is 0 Å². The van der Waals surface area contributed by atoms with Gasteiger partial charge in [0.1, 0.15) is 6.26 Å². The number of hydrogen-bond donors (Lipinski definition) is 0. The maximum absolute atomic E-state index is 11.4. The van der Waals surface area contributed by atoms with E-state index >= 15 is 0 Å². The summed E-state index contributed by atoms with van der Waals surface area (Å²) in [6.07, 6.45) is 1.30. The van der Waals surface area contributed by atoms with Crippen molar-refractivity contribution in [2.45, 2.75) is 13.5 Å². The van der Waals surface area contributed by atoms with Crippen LogP contribution in [0.4, 0.5) is 6.01 Å². The second-order valence-corrected chi connectivity index (χ2v) is 4.29. The summed E-state index contributed by atoms with van der Waals surface area (Å²) in [6, 6.07) is 0.367. The summed E-state index contributed by atoms with van der Waals surface area (Å²) in [7, 11) is 1.82. The predicted octanol–water partition coefficient (Wildman–Crippen LogP) is 1.94. The maximum Gasteiger partial charge on any atom is 0.360 e. The van der Waals surface area contributed by atoms with Crippen molar-refractivity contribution in [1.82, 2.24) is 9.97 Å². The number of rotatable bonds is 5. The monoisotopic (exact) mass is 267 g/mol. The number of carbonyl (C=O) groups excluding carboxylic acids is 1. The Labute approximate surface area is 108 Å². The van der Waals surface area contributed by atoms with E-state index in [9.17, 15) is 4.79 Å². The minimum absolute atomic E-state index is 0.178. The zero-order chi connectivity index (χ0) is 13.0. The van der Waals surface area contributed by atoms with Crippen molar-refractivity contribution in [3.8, 4) is 0 Å². The second kappa shape index (κ2) is 5.63. The maximum atomic E-state index is 11.4. The van der Waals surface area contributed by atoms with Gasteiger partial charge >= 0.3 is 5.97 Å². The van der Waals surface area contributed by atoms with Crippen LogP contribution in [0.15, 0.2) is 21.6 Å². The second-order valence-electron chi connectivity index (χ2n) is 3.57. The average molecular weight is 267 g/mol. The lowest BCUT2D eigenvalue weighted by atomic mass is 10.4. The number of esters is 1. The van der Waals surface area contributed by atoms with Crippen molar-refractivity contribution < 1.29 is 13.9 Å². The third kappa shape index (κ3) is 2.86. The van der Waals surface area contributed by atoms with E-state index in [-0.39, 0.29) is 5.69 Å². The molecule has 0 saturated heterocycles. The van der Waals surface area contributed by atoms with E-state index in [4.69, 9.17) is 9.15 Å². The van der Waals surface area contributed by atoms with E-state index in [2.05, 4.69) is 9.97 Å². The van der Waals surface area contributed by atoms with Crippen LogP contribution in [0, 0.1) is 0 Å². The molecule has 0 radical (unpaired) electrons. The molecule has 0 aromatic carbocycles. The number of aromatic nitrogens is 2. The first-order valence-electron chi connectivity index (χ1n) is 5.41. The molecule has 0 saturated carbocycles. The van der Waals surface area contributed by atoms with Crippen LogP contribution < -0.4 is 4.90 Å². The van der Waals surface area contributed by atoms with Crippen LogP contribution in [0.25, 0.3) is 0 Å². The van der Waals surface area contributed by atoms with Crippen LogP contribution in [-0.4, -0.2) is 29.6 Å². The highest BCUT2D eigenvalue weighted by molar-refractivity contribution is 7.07. The topological polar surface area (TPSA) is 68.5 Å². The summed E-state index contributed by atoms with van der Waals surface area (Å²) < 4.78 is 10.1. The van der Waals surface area contributed by atoms with E-state index in [0.717, 1.165) is 5.69 Å². The lowest BCUT2D eigenvalue weighted by Crippen LogP contribution is -2.17. The van der Waals surface area contributed by atoms with Gasteiger partial charge in [-0.2, -0.15) is 4.98 Å². The quantitative estimate of drug-likeness (QED) is 0.771. The fraction of sp³-hybridized carbons (Fsp3) is 0.364. The number of oxazole rings is 1. The summed E-state index contributed by atoms with van der Waals surface area (Å²) in [4.78, 5) is 21.4. The van der Waals surface area contributed by atoms with E-state index in [1.54, 1.807) is 17.3 Å². The van der Waals surface area contributed by atoms with Gasteiger partial charge in [0.25, 0.3) is 6.01 Å². The average Bonchev–Trinajstić information content (AvgIpc) is 2.99. The number of ether oxygens (including phenoxy) is 1. The van der Waals surface area contributed by atoms with Crippen molar-refractivity contribution in [3.05, 3.63) is 28.5 Å². The van der Waals surface area contributed by atoms with Crippen LogP contribution in [0.5, 0.6) is 0 Å². The van der Waals surface area contributed by atoms with Crippen LogP contribution in [0.1, 0.15) is 23.1 Å². The molecule has 2 aromatic rings. The van der Waals surface area contributed by atoms with Crippen LogP contribution >= 0.6 is 11.3 Å². The number of thiazole rings is 1. The van der Waals surface area contributed by atoms with Gasteiger partial charge in [-0.25, -0.2) is 9.78 Å². The number of hydrogen-bond acceptors (Lipinski definition) is 7. The molecular formula is C11H13N3O3S. The van der Waals surface area contributed by atoms with E-state index < -0.39 is 5.97 Å². The lowest BCUT2D eigenvalue weighted by Gasteiger charge is -2.11. The van der Waals surface area contributed by atoms with Crippen molar-refractivity contribution in [1.29, 1.82) is 0 Å². The van der Waals surface area contributed by atoms with Gasteiger partial charge in [0.15, 0.2) is 5.69 Å². The molecule has 0 atom stereocenters. The zero-order valence-electron chi connectivity index (χ0n) is 10.1. The molecule has 96 valence electrons. The first kappa shape index (κ1) is 12.6. The molecule has 0 aliphatic rings. The van der Waals surface area contributed by atoms with Crippen molar-refractivity contribution >= 4 is 23.3 Å². The molecule has 0 bridgehead atoms. The molecule has 0 spiro atoms. The first-order valence-corrected chi connectivity index (χ1v) is 6.36. The Morgan fingerprint density at radius 1 is 1.61 bits per heavy atom. The van der Waals surface area contributed by atoms with Crippen LogP contribution in [0.3, 0.4) is 0 Å². The highest BCUT2D eigenvalue weighted by Crippen LogP contribution is 2.15. The Balaban J connectivity index is 2.03. The Hall–Kier alpha value is -1.89. The van der Waals surface area contributed by atoms with Crippen LogP contribution in [-0.2, 0) is 11.3 Å². The number of nitrogens with zero attached hydrogens (tertiary/aromatic N) is 3. The minimum atomic E-state index is -0.477. The molecule has 2 aromatic heterocycles.